The topological polar surface area (TPSA) is 3.24 Å². The van der Waals surface area contributed by atoms with Crippen LogP contribution in [0.4, 0.5) is 0 Å². The van der Waals surface area contributed by atoms with Gasteiger partial charge in [-0.2, -0.15) is 0 Å². The Morgan fingerprint density at radius 3 is 2.67 bits per heavy atom. The van der Waals surface area contributed by atoms with Gasteiger partial charge in [0.15, 0.2) is 0 Å². The molecule has 0 fully saturated rings. The first kappa shape index (κ1) is 7.00. The van der Waals surface area contributed by atoms with E-state index in [1.54, 1.807) is 0 Å². The molecule has 0 saturated heterocycles. The molecule has 0 bridgehead atoms. The van der Waals surface area contributed by atoms with Gasteiger partial charge in [0.1, 0.15) is 0 Å². The number of hydrogen-bond acceptors (Lipinski definition) is 2. The molecule has 0 aromatic carbocycles. The van der Waals surface area contributed by atoms with E-state index in [-0.39, 0.29) is 0 Å². The van der Waals surface area contributed by atoms with Crippen molar-refractivity contribution in [3.8, 4) is 0 Å². The molecule has 0 saturated carbocycles. The fraction of sp³-hybridized carbons (Fsp3) is 0.714. The zero-order chi connectivity index (χ0) is 6.85. The van der Waals surface area contributed by atoms with Crippen LogP contribution < -0.4 is 0 Å². The van der Waals surface area contributed by atoms with Crippen molar-refractivity contribution in [2.45, 2.75) is 25.6 Å². The van der Waals surface area contributed by atoms with Crippen molar-refractivity contribution in [1.29, 1.82) is 0 Å². The van der Waals surface area contributed by atoms with Gasteiger partial charge in [-0.25, -0.2) is 0 Å². The van der Waals surface area contributed by atoms with Crippen LogP contribution in [0.2, 0.25) is 0 Å². The van der Waals surface area contributed by atoms with E-state index in [4.69, 9.17) is 0 Å². The van der Waals surface area contributed by atoms with Crippen molar-refractivity contribution in [1.82, 2.24) is 4.90 Å². The Balaban J connectivity index is 2.49. The maximum atomic E-state index is 2.28. The molecule has 1 aliphatic rings. The molecule has 0 radical (unpaired) electrons. The van der Waals surface area contributed by atoms with Crippen LogP contribution in [0.15, 0.2) is 11.1 Å². The third-order valence-electron chi connectivity index (χ3n) is 1.51. The molecular formula is C7H13NS. The summed E-state index contributed by atoms with van der Waals surface area (Å²) in [4.78, 5) is 3.71. The van der Waals surface area contributed by atoms with E-state index in [0.29, 0.717) is 5.37 Å². The molecule has 9 heavy (non-hydrogen) atoms. The average Bonchev–Trinajstić information content (AvgIpc) is 2.10. The zero-order valence-electron chi connectivity index (χ0n) is 6.22. The number of hydrogen-bond donors (Lipinski definition) is 0. The van der Waals surface area contributed by atoms with E-state index >= 15 is 0 Å². The summed E-state index contributed by atoms with van der Waals surface area (Å²) in [7, 11) is 2.14. The molecule has 1 heterocycles. The van der Waals surface area contributed by atoms with Crippen LogP contribution >= 0.6 is 11.8 Å². The second-order valence-electron chi connectivity index (χ2n) is 2.39. The predicted molar refractivity (Wildman–Crippen MR) is 43.2 cm³/mol. The molecule has 1 atom stereocenters. The van der Waals surface area contributed by atoms with Crippen LogP contribution in [0.3, 0.4) is 0 Å². The van der Waals surface area contributed by atoms with Crippen LogP contribution in [0.25, 0.3) is 0 Å². The van der Waals surface area contributed by atoms with Gasteiger partial charge in [0.05, 0.1) is 5.37 Å². The van der Waals surface area contributed by atoms with Gasteiger partial charge in [0.2, 0.25) is 0 Å². The molecule has 1 nitrogen and oxygen atoms in total. The number of thioether (sulfide) groups is 1. The lowest BCUT2D eigenvalue weighted by molar-refractivity contribution is 0.427. The van der Waals surface area contributed by atoms with E-state index in [2.05, 4.69) is 32.0 Å². The van der Waals surface area contributed by atoms with Crippen molar-refractivity contribution in [3.63, 3.8) is 0 Å². The Morgan fingerprint density at radius 2 is 2.44 bits per heavy atom. The van der Waals surface area contributed by atoms with Gasteiger partial charge in [-0.15, -0.1) is 11.8 Å². The van der Waals surface area contributed by atoms with Crippen LogP contribution in [0, 0.1) is 0 Å². The molecule has 1 rings (SSSR count). The summed E-state index contributed by atoms with van der Waals surface area (Å²) in [6, 6.07) is 0. The fourth-order valence-corrected chi connectivity index (χ4v) is 2.12. The summed E-state index contributed by atoms with van der Waals surface area (Å²) in [5.41, 5.74) is 0. The quantitative estimate of drug-likeness (QED) is 0.554. The van der Waals surface area contributed by atoms with E-state index in [1.807, 2.05) is 11.8 Å². The third kappa shape index (κ3) is 1.42. The Hall–Kier alpha value is -0.110. The Bertz CT molecular complexity index is 131. The zero-order valence-corrected chi connectivity index (χ0v) is 7.03. The van der Waals surface area contributed by atoms with Crippen LogP contribution in [0.5, 0.6) is 0 Å². The van der Waals surface area contributed by atoms with Gasteiger partial charge in [-0.1, -0.05) is 6.92 Å². The number of nitrogens with zero attached hydrogens (tertiary/aromatic N) is 1. The van der Waals surface area contributed by atoms with E-state index in [1.165, 1.54) is 11.3 Å². The minimum atomic E-state index is 0.699. The van der Waals surface area contributed by atoms with Gasteiger partial charge in [0.25, 0.3) is 0 Å². The second-order valence-corrected chi connectivity index (χ2v) is 3.81. The molecule has 0 aromatic heterocycles. The number of rotatable bonds is 1. The van der Waals surface area contributed by atoms with Gasteiger partial charge in [0, 0.05) is 13.2 Å². The molecule has 0 aliphatic carbocycles. The molecule has 2 heteroatoms. The minimum Gasteiger partial charge on any atom is -0.367 e. The van der Waals surface area contributed by atoms with E-state index in [0.717, 1.165) is 0 Å². The summed E-state index contributed by atoms with van der Waals surface area (Å²) >= 11 is 1.96. The molecular weight excluding hydrogens is 130 g/mol. The molecule has 1 aliphatic heterocycles. The first-order chi connectivity index (χ1) is 4.24. The van der Waals surface area contributed by atoms with Crippen molar-refractivity contribution >= 4 is 11.8 Å². The molecule has 0 aromatic rings. The smallest absolute Gasteiger partial charge is 0.0783 e. The van der Waals surface area contributed by atoms with E-state index in [9.17, 15) is 0 Å². The van der Waals surface area contributed by atoms with Crippen LogP contribution in [-0.4, -0.2) is 17.3 Å². The summed E-state index contributed by atoms with van der Waals surface area (Å²) in [6.45, 7) is 4.39. The first-order valence-corrected chi connectivity index (χ1v) is 4.19. The highest BCUT2D eigenvalue weighted by Gasteiger charge is 2.16. The molecule has 0 N–H and O–H groups in total. The SMILES string of the molecule is CCC1SC(C)=CN1C. The molecule has 1 unspecified atom stereocenters. The molecule has 52 valence electrons. The summed E-state index contributed by atoms with van der Waals surface area (Å²) in [6.07, 6.45) is 3.44. The first-order valence-electron chi connectivity index (χ1n) is 3.31. The summed E-state index contributed by atoms with van der Waals surface area (Å²) in [5, 5.41) is 0.699. The Morgan fingerprint density at radius 1 is 1.78 bits per heavy atom. The Kier molecular flexibility index (Phi) is 2.06. The highest BCUT2D eigenvalue weighted by atomic mass is 32.2. The lowest BCUT2D eigenvalue weighted by Gasteiger charge is -2.16. The normalized spacial score (nSPS) is 26.8. The second kappa shape index (κ2) is 2.65. The van der Waals surface area contributed by atoms with Gasteiger partial charge in [-0.3, -0.25) is 0 Å². The van der Waals surface area contributed by atoms with Crippen LogP contribution in [-0.2, 0) is 0 Å². The monoisotopic (exact) mass is 143 g/mol. The van der Waals surface area contributed by atoms with Crippen molar-refractivity contribution < 1.29 is 0 Å². The van der Waals surface area contributed by atoms with E-state index < -0.39 is 0 Å². The average molecular weight is 143 g/mol. The summed E-state index contributed by atoms with van der Waals surface area (Å²) in [5.74, 6) is 0. The maximum Gasteiger partial charge on any atom is 0.0783 e. The molecule has 0 spiro atoms. The minimum absolute atomic E-state index is 0.699. The van der Waals surface area contributed by atoms with Crippen LogP contribution in [0.1, 0.15) is 20.3 Å². The molecule has 0 amide bonds. The fourth-order valence-electron chi connectivity index (χ4n) is 1.07. The van der Waals surface area contributed by atoms with Gasteiger partial charge >= 0.3 is 0 Å². The highest BCUT2D eigenvalue weighted by molar-refractivity contribution is 8.03. The largest absolute Gasteiger partial charge is 0.367 e. The van der Waals surface area contributed by atoms with Gasteiger partial charge in [-0.05, 0) is 18.2 Å². The predicted octanol–water partition coefficient (Wildman–Crippen LogP) is 2.26. The lowest BCUT2D eigenvalue weighted by Crippen LogP contribution is -2.17. The third-order valence-corrected chi connectivity index (χ3v) is 2.93. The lowest BCUT2D eigenvalue weighted by atomic mass is 10.4. The number of allylic oxidation sites excluding steroid dienone is 1. The Labute approximate surface area is 61.1 Å². The standard InChI is InChI=1S/C7H13NS/c1-4-7-8(3)5-6(2)9-7/h5,7H,4H2,1-3H3. The summed E-state index contributed by atoms with van der Waals surface area (Å²) < 4.78 is 0. The van der Waals surface area contributed by atoms with Crippen molar-refractivity contribution in [2.75, 3.05) is 7.05 Å². The van der Waals surface area contributed by atoms with Crippen molar-refractivity contribution in [2.24, 2.45) is 0 Å². The van der Waals surface area contributed by atoms with Gasteiger partial charge < -0.3 is 4.90 Å². The maximum absolute atomic E-state index is 2.28. The van der Waals surface area contributed by atoms with Crippen molar-refractivity contribution in [3.05, 3.63) is 11.1 Å². The highest BCUT2D eigenvalue weighted by Crippen LogP contribution is 2.32.